The Hall–Kier alpha value is 0.299. The van der Waals surface area contributed by atoms with E-state index in [4.69, 9.17) is 9.47 Å². The van der Waals surface area contributed by atoms with Gasteiger partial charge in [-0.1, -0.05) is 0 Å². The van der Waals surface area contributed by atoms with Crippen LogP contribution >= 0.6 is 0 Å². The molecule has 196 valence electrons. The van der Waals surface area contributed by atoms with Crippen molar-refractivity contribution in [2.24, 2.45) is 39.4 Å². The Morgan fingerprint density at radius 3 is 1.43 bits per heavy atom. The van der Waals surface area contributed by atoms with Gasteiger partial charge in [0, 0.05) is 0 Å². The number of Topliss-reactive ketones (excluding diaryl/α,β-unsaturated/α-hetero) is 2. The quantitative estimate of drug-likeness (QED) is 0.357. The van der Waals surface area contributed by atoms with Gasteiger partial charge in [0.2, 0.25) is 0 Å². The number of ketones is 2. The summed E-state index contributed by atoms with van der Waals surface area (Å²) in [5.74, 6) is 2.23. The van der Waals surface area contributed by atoms with Gasteiger partial charge < -0.3 is 0 Å². The van der Waals surface area contributed by atoms with E-state index < -0.39 is 5.79 Å². The molecule has 6 rings (SSSR count). The number of fused-ring (bicyclic) bond motifs is 5. The first kappa shape index (κ1) is 25.6. The van der Waals surface area contributed by atoms with Crippen LogP contribution < -0.4 is 0 Å². The van der Waals surface area contributed by atoms with Crippen LogP contribution in [0.3, 0.4) is 0 Å². The van der Waals surface area contributed by atoms with Gasteiger partial charge in [0.15, 0.2) is 0 Å². The summed E-state index contributed by atoms with van der Waals surface area (Å²) in [4.78, 5) is 27.1. The first-order valence-corrected chi connectivity index (χ1v) is 18.3. The molecule has 6 fully saturated rings. The van der Waals surface area contributed by atoms with Crippen molar-refractivity contribution < 1.29 is 19.1 Å². The minimum absolute atomic E-state index is 0.103. The third-order valence-corrected chi connectivity index (χ3v) is 18.7. The SMILES string of the molecule is CC12O[C@H](C[Se][C@@H]3C(=O)[C@]4(C)CC[C@H]3C4(C)C)CC1C[C@@H](C[Se][C@@H]1C(=O)[C@]3(C)CC[C@H]1C3(C)C)O2. The Morgan fingerprint density at radius 1 is 0.714 bits per heavy atom. The number of carbonyl (C=O) groups is 2. The van der Waals surface area contributed by atoms with E-state index in [1.54, 1.807) is 0 Å². The average Bonchev–Trinajstić information content (AvgIpc) is 3.45. The van der Waals surface area contributed by atoms with Crippen LogP contribution in [0.2, 0.25) is 20.3 Å². The summed E-state index contributed by atoms with van der Waals surface area (Å²) in [6, 6.07) is 0. The molecule has 4 saturated carbocycles. The van der Waals surface area contributed by atoms with Gasteiger partial charge in [0.25, 0.3) is 0 Å². The second kappa shape index (κ2) is 7.92. The Labute approximate surface area is 224 Å². The van der Waals surface area contributed by atoms with Crippen molar-refractivity contribution in [2.45, 2.75) is 125 Å². The van der Waals surface area contributed by atoms with E-state index in [2.05, 4.69) is 48.5 Å². The summed E-state index contributed by atoms with van der Waals surface area (Å²) in [5.41, 5.74) is 0.100. The number of hydrogen-bond donors (Lipinski definition) is 0. The zero-order valence-corrected chi connectivity index (χ0v) is 26.1. The molecule has 6 heteroatoms. The van der Waals surface area contributed by atoms with Gasteiger partial charge >= 0.3 is 225 Å². The monoisotopic (exact) mass is 616 g/mol. The van der Waals surface area contributed by atoms with Crippen LogP contribution in [0.4, 0.5) is 0 Å². The maximum atomic E-state index is 13.3. The van der Waals surface area contributed by atoms with Crippen LogP contribution in [0.1, 0.15) is 87.0 Å². The Morgan fingerprint density at radius 2 is 1.11 bits per heavy atom. The molecule has 0 unspecified atom stereocenters. The van der Waals surface area contributed by atoms with Crippen molar-refractivity contribution in [1.82, 2.24) is 0 Å². The van der Waals surface area contributed by atoms with Crippen molar-refractivity contribution in [3.05, 3.63) is 0 Å². The number of hydrogen-bond acceptors (Lipinski definition) is 4. The molecule has 2 aliphatic heterocycles. The van der Waals surface area contributed by atoms with Gasteiger partial charge in [-0.05, 0) is 0 Å². The van der Waals surface area contributed by atoms with Crippen LogP contribution in [-0.4, -0.2) is 59.5 Å². The van der Waals surface area contributed by atoms with Crippen LogP contribution in [0, 0.1) is 39.4 Å². The summed E-state index contributed by atoms with van der Waals surface area (Å²) in [6.45, 7) is 15.9. The van der Waals surface area contributed by atoms with Gasteiger partial charge in [-0.2, -0.15) is 0 Å². The predicted molar refractivity (Wildman–Crippen MR) is 139 cm³/mol. The van der Waals surface area contributed by atoms with Crippen LogP contribution in [-0.2, 0) is 19.1 Å². The molecule has 2 saturated heterocycles. The number of rotatable bonds is 6. The molecule has 0 spiro atoms. The van der Waals surface area contributed by atoms with Crippen molar-refractivity contribution >= 4 is 41.5 Å². The molecule has 6 aliphatic rings. The van der Waals surface area contributed by atoms with Gasteiger partial charge in [-0.3, -0.25) is 0 Å². The topological polar surface area (TPSA) is 52.6 Å². The third-order valence-electron chi connectivity index (χ3n) is 12.5. The summed E-state index contributed by atoms with van der Waals surface area (Å²) in [6.07, 6.45) is 7.24. The molecule has 8 atom stereocenters. The van der Waals surface area contributed by atoms with E-state index in [0.29, 0.717) is 59.2 Å². The molecule has 0 amide bonds. The second-order valence-corrected chi connectivity index (χ2v) is 19.2. The summed E-state index contributed by atoms with van der Waals surface area (Å²) in [7, 11) is 0. The van der Waals surface area contributed by atoms with Gasteiger partial charge in [-0.25, -0.2) is 0 Å². The molecule has 4 aliphatic carbocycles. The molecule has 0 aromatic heterocycles. The molecular weight excluding hydrogens is 570 g/mol. The van der Waals surface area contributed by atoms with Crippen molar-refractivity contribution in [1.29, 1.82) is 0 Å². The van der Waals surface area contributed by atoms with E-state index in [-0.39, 0.29) is 43.5 Å². The van der Waals surface area contributed by atoms with E-state index in [1.165, 1.54) is 12.8 Å². The van der Waals surface area contributed by atoms with Crippen LogP contribution in [0.5, 0.6) is 0 Å². The predicted octanol–water partition coefficient (Wildman–Crippen LogP) is 5.77. The first-order valence-electron chi connectivity index (χ1n) is 13.9. The van der Waals surface area contributed by atoms with Crippen molar-refractivity contribution in [3.8, 4) is 0 Å². The Kier molecular flexibility index (Phi) is 5.79. The number of carbonyl (C=O) groups excluding carboxylic acids is 2. The number of ether oxygens (including phenoxy) is 2. The van der Waals surface area contributed by atoms with Crippen LogP contribution in [0.15, 0.2) is 0 Å². The van der Waals surface area contributed by atoms with Gasteiger partial charge in [0.1, 0.15) is 0 Å². The van der Waals surface area contributed by atoms with Crippen molar-refractivity contribution in [3.63, 3.8) is 0 Å². The zero-order chi connectivity index (χ0) is 25.2. The van der Waals surface area contributed by atoms with Crippen LogP contribution in [0.25, 0.3) is 0 Å². The summed E-state index contributed by atoms with van der Waals surface area (Å²) in [5, 5.41) is 2.09. The minimum atomic E-state index is -0.463. The fourth-order valence-corrected chi connectivity index (χ4v) is 16.5. The fourth-order valence-electron chi connectivity index (χ4n) is 9.15. The standard InChI is InChI=1S/C29H44O4Se2/c1-25(2)19-8-10-27(25,5)23(30)21(19)34-14-17-12-16-13-18(33-29(16,7)32-17)15-35-22-20-9-11-28(6,24(22)31)26(20,3)4/h16-22H,8-15H2,1-7H3/t16?,17-,18-,19+,20+,21-,22-,27-,28-,29?/m0/s1. The molecule has 0 aromatic rings. The maximum absolute atomic E-state index is 13.3. The summed E-state index contributed by atoms with van der Waals surface area (Å²) < 4.78 is 13.1. The normalized spacial score (nSPS) is 53.2. The Balaban J connectivity index is 1.01. The molecule has 4 nitrogen and oxygen atoms in total. The summed E-state index contributed by atoms with van der Waals surface area (Å²) >= 11 is 0.620. The van der Waals surface area contributed by atoms with E-state index in [9.17, 15) is 9.59 Å². The van der Waals surface area contributed by atoms with Gasteiger partial charge in [0.05, 0.1) is 0 Å². The van der Waals surface area contributed by atoms with Gasteiger partial charge in [-0.15, -0.1) is 0 Å². The molecule has 0 aromatic carbocycles. The molecule has 0 radical (unpaired) electrons. The first-order chi connectivity index (χ1) is 16.2. The molecule has 35 heavy (non-hydrogen) atoms. The molecular formula is C29H44O4Se2. The van der Waals surface area contributed by atoms with E-state index >= 15 is 0 Å². The zero-order valence-electron chi connectivity index (χ0n) is 22.6. The third kappa shape index (κ3) is 3.29. The molecule has 2 heterocycles. The van der Waals surface area contributed by atoms with Crippen molar-refractivity contribution in [2.75, 3.05) is 0 Å². The second-order valence-electron chi connectivity index (χ2n) is 14.3. The average molecular weight is 615 g/mol. The fraction of sp³-hybridized carbons (Fsp3) is 0.931. The Bertz CT molecular complexity index is 875. The molecule has 0 N–H and O–H groups in total. The van der Waals surface area contributed by atoms with E-state index in [0.717, 1.165) is 36.3 Å². The molecule has 4 bridgehead atoms. The van der Waals surface area contributed by atoms with E-state index in [1.807, 2.05) is 0 Å².